The molecule has 1 aliphatic rings. The van der Waals surface area contributed by atoms with Gasteiger partial charge >= 0.3 is 0 Å². The molecule has 0 bridgehead atoms. The quantitative estimate of drug-likeness (QED) is 0.880. The van der Waals surface area contributed by atoms with Crippen molar-refractivity contribution in [2.75, 3.05) is 0 Å². The van der Waals surface area contributed by atoms with Crippen LogP contribution in [0.3, 0.4) is 0 Å². The number of hydrogen-bond donors (Lipinski definition) is 1. The van der Waals surface area contributed by atoms with Crippen LogP contribution < -0.4 is 5.32 Å². The van der Waals surface area contributed by atoms with Gasteiger partial charge < -0.3 is 4.74 Å². The van der Waals surface area contributed by atoms with E-state index in [9.17, 15) is 0 Å². The first-order chi connectivity index (χ1) is 9.24. The Labute approximate surface area is 114 Å². The summed E-state index contributed by atoms with van der Waals surface area (Å²) in [6, 6.07) is 19.2. The second-order valence-corrected chi connectivity index (χ2v) is 5.21. The van der Waals surface area contributed by atoms with Crippen molar-refractivity contribution < 1.29 is 4.74 Å². The van der Waals surface area contributed by atoms with Gasteiger partial charge in [-0.1, -0.05) is 60.2 Å². The Morgan fingerprint density at radius 1 is 0.895 bits per heavy atom. The first-order valence-electron chi connectivity index (χ1n) is 6.77. The molecule has 0 spiro atoms. The van der Waals surface area contributed by atoms with E-state index in [0.717, 1.165) is 0 Å². The Hall–Kier alpha value is -1.64. The molecule has 0 aromatic heterocycles. The summed E-state index contributed by atoms with van der Waals surface area (Å²) < 4.78 is 6.17. The van der Waals surface area contributed by atoms with Gasteiger partial charge in [0.2, 0.25) is 0 Å². The average molecular weight is 253 g/mol. The lowest BCUT2D eigenvalue weighted by atomic mass is 10.0. The van der Waals surface area contributed by atoms with Gasteiger partial charge in [-0.2, -0.15) is 0 Å². The zero-order chi connectivity index (χ0) is 13.2. The molecule has 1 fully saturated rings. The maximum atomic E-state index is 6.17. The minimum Gasteiger partial charge on any atom is -0.350 e. The number of nitrogens with one attached hydrogen (secondary N) is 1. The number of aryl methyl sites for hydroxylation is 1. The zero-order valence-electron chi connectivity index (χ0n) is 11.3. The van der Waals surface area contributed by atoms with Gasteiger partial charge in [-0.05, 0) is 25.0 Å². The third kappa shape index (κ3) is 2.55. The van der Waals surface area contributed by atoms with E-state index in [4.69, 9.17) is 4.74 Å². The van der Waals surface area contributed by atoms with Gasteiger partial charge in [-0.15, -0.1) is 0 Å². The lowest BCUT2D eigenvalue weighted by molar-refractivity contribution is 0.0363. The molecule has 2 aromatic rings. The van der Waals surface area contributed by atoms with E-state index < -0.39 is 0 Å². The minimum atomic E-state index is -0.0131. The fourth-order valence-electron chi connectivity index (χ4n) is 2.56. The van der Waals surface area contributed by atoms with Crippen LogP contribution in [0.2, 0.25) is 0 Å². The monoisotopic (exact) mass is 253 g/mol. The standard InChI is InChI=1S/C17H19NO/c1-12-8-10-15(11-9-12)17-18-13(2)16(19-17)14-6-4-3-5-7-14/h3-11,13,16-18H,1-2H3/t13-,16-,17-/m0/s1. The molecule has 1 N–H and O–H groups in total. The summed E-state index contributed by atoms with van der Waals surface area (Å²) in [6.07, 6.45) is 0.105. The molecule has 0 saturated carbocycles. The van der Waals surface area contributed by atoms with E-state index >= 15 is 0 Å². The molecule has 2 heteroatoms. The third-order valence-electron chi connectivity index (χ3n) is 3.66. The van der Waals surface area contributed by atoms with Crippen LogP contribution in [-0.2, 0) is 4.74 Å². The fraction of sp³-hybridized carbons (Fsp3) is 0.294. The average Bonchev–Trinajstić information content (AvgIpc) is 2.83. The van der Waals surface area contributed by atoms with Gasteiger partial charge in [0.05, 0.1) is 0 Å². The van der Waals surface area contributed by atoms with Crippen molar-refractivity contribution in [2.24, 2.45) is 0 Å². The predicted octanol–water partition coefficient (Wildman–Crippen LogP) is 3.74. The Morgan fingerprint density at radius 3 is 2.26 bits per heavy atom. The van der Waals surface area contributed by atoms with Crippen molar-refractivity contribution in [3.05, 3.63) is 71.3 Å². The summed E-state index contributed by atoms with van der Waals surface area (Å²) in [6.45, 7) is 4.27. The van der Waals surface area contributed by atoms with Crippen LogP contribution >= 0.6 is 0 Å². The van der Waals surface area contributed by atoms with Crippen molar-refractivity contribution in [2.45, 2.75) is 32.2 Å². The second-order valence-electron chi connectivity index (χ2n) is 5.21. The van der Waals surface area contributed by atoms with Crippen molar-refractivity contribution >= 4 is 0 Å². The molecule has 3 rings (SSSR count). The summed E-state index contributed by atoms with van der Waals surface area (Å²) in [5, 5.41) is 3.52. The Balaban J connectivity index is 1.80. The zero-order valence-corrected chi connectivity index (χ0v) is 11.3. The molecule has 0 radical (unpaired) electrons. The highest BCUT2D eigenvalue weighted by Crippen LogP contribution is 2.34. The first kappa shape index (κ1) is 12.4. The molecule has 1 heterocycles. The molecule has 19 heavy (non-hydrogen) atoms. The third-order valence-corrected chi connectivity index (χ3v) is 3.66. The summed E-state index contributed by atoms with van der Waals surface area (Å²) >= 11 is 0. The van der Waals surface area contributed by atoms with Crippen LogP contribution in [0.25, 0.3) is 0 Å². The number of ether oxygens (including phenoxy) is 1. The van der Waals surface area contributed by atoms with Crippen molar-refractivity contribution in [3.63, 3.8) is 0 Å². The van der Waals surface area contributed by atoms with E-state index in [-0.39, 0.29) is 12.3 Å². The second kappa shape index (κ2) is 5.16. The minimum absolute atomic E-state index is 0.0131. The molecule has 1 saturated heterocycles. The molecule has 2 nitrogen and oxygen atoms in total. The van der Waals surface area contributed by atoms with Crippen molar-refractivity contribution in [3.8, 4) is 0 Å². The molecular formula is C17H19NO. The summed E-state index contributed by atoms with van der Waals surface area (Å²) in [5.74, 6) is 0. The molecular weight excluding hydrogens is 234 g/mol. The van der Waals surface area contributed by atoms with Gasteiger partial charge in [0.25, 0.3) is 0 Å². The molecule has 3 atom stereocenters. The van der Waals surface area contributed by atoms with E-state index in [1.807, 2.05) is 6.07 Å². The Morgan fingerprint density at radius 2 is 1.58 bits per heavy atom. The van der Waals surface area contributed by atoms with Crippen LogP contribution in [0.1, 0.15) is 35.9 Å². The maximum Gasteiger partial charge on any atom is 0.135 e. The van der Waals surface area contributed by atoms with Crippen LogP contribution in [-0.4, -0.2) is 6.04 Å². The highest BCUT2D eigenvalue weighted by atomic mass is 16.5. The number of hydrogen-bond acceptors (Lipinski definition) is 2. The SMILES string of the molecule is Cc1ccc([C@H]2N[C@@H](C)[C@@H](c3ccccc3)O2)cc1. The smallest absolute Gasteiger partial charge is 0.135 e. The highest BCUT2D eigenvalue weighted by molar-refractivity contribution is 5.26. The summed E-state index contributed by atoms with van der Waals surface area (Å²) in [7, 11) is 0. The molecule has 0 aliphatic carbocycles. The van der Waals surface area contributed by atoms with E-state index in [1.54, 1.807) is 0 Å². The molecule has 1 aliphatic heterocycles. The lowest BCUT2D eigenvalue weighted by Gasteiger charge is -2.14. The molecule has 0 unspecified atom stereocenters. The van der Waals surface area contributed by atoms with Crippen LogP contribution in [0.5, 0.6) is 0 Å². The van der Waals surface area contributed by atoms with Crippen LogP contribution in [0.4, 0.5) is 0 Å². The lowest BCUT2D eigenvalue weighted by Crippen LogP contribution is -2.23. The van der Waals surface area contributed by atoms with Gasteiger partial charge in [-0.25, -0.2) is 0 Å². The van der Waals surface area contributed by atoms with E-state index in [1.165, 1.54) is 16.7 Å². The van der Waals surface area contributed by atoms with Gasteiger partial charge in [0.15, 0.2) is 0 Å². The molecule has 2 aromatic carbocycles. The fourth-order valence-corrected chi connectivity index (χ4v) is 2.56. The molecule has 98 valence electrons. The largest absolute Gasteiger partial charge is 0.350 e. The van der Waals surface area contributed by atoms with Crippen molar-refractivity contribution in [1.29, 1.82) is 0 Å². The van der Waals surface area contributed by atoms with Gasteiger partial charge in [0, 0.05) is 6.04 Å². The molecule has 0 amide bonds. The van der Waals surface area contributed by atoms with Gasteiger partial charge in [-0.3, -0.25) is 5.32 Å². The van der Waals surface area contributed by atoms with Crippen LogP contribution in [0, 0.1) is 6.92 Å². The maximum absolute atomic E-state index is 6.17. The predicted molar refractivity (Wildman–Crippen MR) is 76.8 cm³/mol. The van der Waals surface area contributed by atoms with Gasteiger partial charge in [0.1, 0.15) is 12.3 Å². The highest BCUT2D eigenvalue weighted by Gasteiger charge is 2.33. The van der Waals surface area contributed by atoms with E-state index in [0.29, 0.717) is 6.04 Å². The summed E-state index contributed by atoms with van der Waals surface area (Å²) in [5.41, 5.74) is 3.70. The van der Waals surface area contributed by atoms with E-state index in [2.05, 4.69) is 67.7 Å². The van der Waals surface area contributed by atoms with Crippen LogP contribution in [0.15, 0.2) is 54.6 Å². The number of benzene rings is 2. The number of rotatable bonds is 2. The topological polar surface area (TPSA) is 21.3 Å². The Bertz CT molecular complexity index is 535. The Kier molecular flexibility index (Phi) is 3.36. The summed E-state index contributed by atoms with van der Waals surface area (Å²) in [4.78, 5) is 0. The first-order valence-corrected chi connectivity index (χ1v) is 6.77. The van der Waals surface area contributed by atoms with Crippen molar-refractivity contribution in [1.82, 2.24) is 5.32 Å². The normalized spacial score (nSPS) is 26.5.